The normalized spacial score (nSPS) is 13.3. The SMILES string of the molecule is COC(=O)CCN(Cc1ccccc1)C(=O)c1cc(C2CC2)nc2c1c(=O)[nH]c(=O)n2CC(C)C. The molecule has 2 heterocycles. The van der Waals surface area contributed by atoms with Crippen LogP contribution in [-0.4, -0.2) is 45.0 Å². The fourth-order valence-electron chi connectivity index (χ4n) is 4.14. The smallest absolute Gasteiger partial charge is 0.330 e. The number of benzene rings is 1. The van der Waals surface area contributed by atoms with Crippen molar-refractivity contribution in [2.45, 2.75) is 52.1 Å². The van der Waals surface area contributed by atoms with Gasteiger partial charge in [-0.2, -0.15) is 0 Å². The zero-order valence-corrected chi connectivity index (χ0v) is 20.2. The number of rotatable bonds is 9. The number of pyridine rings is 1. The molecule has 0 aliphatic heterocycles. The molecule has 0 saturated heterocycles. The number of nitrogens with one attached hydrogen (secondary N) is 1. The van der Waals surface area contributed by atoms with Crippen molar-refractivity contribution in [3.05, 3.63) is 74.1 Å². The van der Waals surface area contributed by atoms with Gasteiger partial charge in [0.05, 0.1) is 24.5 Å². The van der Waals surface area contributed by atoms with E-state index in [0.717, 1.165) is 18.4 Å². The van der Waals surface area contributed by atoms with Crippen LogP contribution in [0.3, 0.4) is 0 Å². The zero-order valence-electron chi connectivity index (χ0n) is 20.2. The average molecular weight is 479 g/mol. The van der Waals surface area contributed by atoms with Crippen molar-refractivity contribution in [1.29, 1.82) is 0 Å². The molecule has 9 heteroatoms. The predicted octanol–water partition coefficient (Wildman–Crippen LogP) is 2.82. The Labute approximate surface area is 202 Å². The Balaban J connectivity index is 1.86. The van der Waals surface area contributed by atoms with Crippen LogP contribution in [0.5, 0.6) is 0 Å². The van der Waals surface area contributed by atoms with Crippen LogP contribution in [0.4, 0.5) is 0 Å². The second-order valence-electron chi connectivity index (χ2n) is 9.37. The van der Waals surface area contributed by atoms with Gasteiger partial charge in [-0.1, -0.05) is 44.2 Å². The highest BCUT2D eigenvalue weighted by Gasteiger charge is 2.30. The highest BCUT2D eigenvalue weighted by atomic mass is 16.5. The summed E-state index contributed by atoms with van der Waals surface area (Å²) >= 11 is 0. The molecule has 1 aromatic carbocycles. The number of carbonyl (C=O) groups is 2. The third-order valence-corrected chi connectivity index (χ3v) is 6.06. The number of hydrogen-bond donors (Lipinski definition) is 1. The van der Waals surface area contributed by atoms with Crippen LogP contribution in [0.1, 0.15) is 60.6 Å². The maximum Gasteiger partial charge on any atom is 0.330 e. The van der Waals surface area contributed by atoms with E-state index in [1.807, 2.05) is 44.2 Å². The molecule has 1 aliphatic rings. The molecule has 0 radical (unpaired) electrons. The first-order valence-electron chi connectivity index (χ1n) is 11.9. The third-order valence-electron chi connectivity index (χ3n) is 6.06. The molecule has 0 bridgehead atoms. The highest BCUT2D eigenvalue weighted by molar-refractivity contribution is 6.05. The van der Waals surface area contributed by atoms with E-state index in [4.69, 9.17) is 4.74 Å². The largest absolute Gasteiger partial charge is 0.469 e. The van der Waals surface area contributed by atoms with Gasteiger partial charge >= 0.3 is 11.7 Å². The molecule has 0 atom stereocenters. The van der Waals surface area contributed by atoms with E-state index in [1.165, 1.54) is 16.6 Å². The molecular weight excluding hydrogens is 448 g/mol. The molecule has 1 fully saturated rings. The van der Waals surface area contributed by atoms with Gasteiger partial charge in [0, 0.05) is 31.2 Å². The van der Waals surface area contributed by atoms with Gasteiger partial charge in [-0.15, -0.1) is 0 Å². The Morgan fingerprint density at radius 1 is 1.20 bits per heavy atom. The van der Waals surface area contributed by atoms with Gasteiger partial charge in [-0.25, -0.2) is 9.78 Å². The molecule has 1 N–H and O–H groups in total. The summed E-state index contributed by atoms with van der Waals surface area (Å²) in [6.07, 6.45) is 1.90. The van der Waals surface area contributed by atoms with Crippen LogP contribution in [0.25, 0.3) is 11.0 Å². The van der Waals surface area contributed by atoms with E-state index in [-0.39, 0.29) is 47.9 Å². The standard InChI is InChI=1S/C26H30N4O5/c1-16(2)14-30-23-22(24(32)28-26(30)34)19(13-20(27-23)18-9-10-18)25(33)29(12-11-21(31)35-3)15-17-7-5-4-6-8-17/h4-8,13,16,18H,9-12,14-15H2,1-3H3,(H,28,32,34). The summed E-state index contributed by atoms with van der Waals surface area (Å²) in [5, 5.41) is 0.0933. The number of carbonyl (C=O) groups excluding carboxylic acids is 2. The van der Waals surface area contributed by atoms with E-state index in [2.05, 4.69) is 9.97 Å². The van der Waals surface area contributed by atoms with Crippen molar-refractivity contribution in [2.24, 2.45) is 5.92 Å². The van der Waals surface area contributed by atoms with Gasteiger partial charge in [0.25, 0.3) is 11.5 Å². The quantitative estimate of drug-likeness (QED) is 0.473. The highest BCUT2D eigenvalue weighted by Crippen LogP contribution is 2.40. The van der Waals surface area contributed by atoms with Gasteiger partial charge in [-0.3, -0.25) is 23.9 Å². The van der Waals surface area contributed by atoms with E-state index in [0.29, 0.717) is 12.2 Å². The summed E-state index contributed by atoms with van der Waals surface area (Å²) in [6.45, 7) is 4.66. The number of methoxy groups -OCH3 is 1. The van der Waals surface area contributed by atoms with Gasteiger partial charge in [0.1, 0.15) is 0 Å². The molecule has 1 aliphatic carbocycles. The minimum atomic E-state index is -0.643. The molecule has 3 aromatic rings. The zero-order chi connectivity index (χ0) is 25.1. The molecule has 2 aromatic heterocycles. The third kappa shape index (κ3) is 5.50. The molecule has 1 saturated carbocycles. The Morgan fingerprint density at radius 3 is 2.54 bits per heavy atom. The molecule has 184 valence electrons. The maximum atomic E-state index is 13.9. The first-order chi connectivity index (χ1) is 16.8. The molecule has 1 amide bonds. The Morgan fingerprint density at radius 2 is 1.91 bits per heavy atom. The number of aromatic nitrogens is 3. The summed E-state index contributed by atoms with van der Waals surface area (Å²) in [6, 6.07) is 11.1. The summed E-state index contributed by atoms with van der Waals surface area (Å²) in [5.41, 5.74) is 0.829. The van der Waals surface area contributed by atoms with Crippen LogP contribution in [0.15, 0.2) is 46.0 Å². The first kappa shape index (κ1) is 24.4. The van der Waals surface area contributed by atoms with Crippen molar-refractivity contribution in [2.75, 3.05) is 13.7 Å². The molecule has 35 heavy (non-hydrogen) atoms. The lowest BCUT2D eigenvalue weighted by atomic mass is 10.1. The number of H-pyrrole nitrogens is 1. The molecule has 4 rings (SSSR count). The van der Waals surface area contributed by atoms with Gasteiger partial charge in [0.15, 0.2) is 5.65 Å². The van der Waals surface area contributed by atoms with Crippen molar-refractivity contribution >= 4 is 22.9 Å². The number of fused-ring (bicyclic) bond motifs is 1. The summed E-state index contributed by atoms with van der Waals surface area (Å²) in [5.74, 6) is -0.502. The molecule has 0 unspecified atom stereocenters. The van der Waals surface area contributed by atoms with Crippen LogP contribution < -0.4 is 11.2 Å². The second-order valence-corrected chi connectivity index (χ2v) is 9.37. The van der Waals surface area contributed by atoms with Crippen LogP contribution >= 0.6 is 0 Å². The van der Waals surface area contributed by atoms with E-state index < -0.39 is 23.1 Å². The Bertz CT molecular complexity index is 1360. The van der Waals surface area contributed by atoms with Gasteiger partial charge < -0.3 is 9.64 Å². The fourth-order valence-corrected chi connectivity index (χ4v) is 4.14. The minimum Gasteiger partial charge on any atom is -0.469 e. The number of ether oxygens (including phenoxy) is 1. The van der Waals surface area contributed by atoms with Crippen molar-refractivity contribution in [1.82, 2.24) is 19.4 Å². The Kier molecular flexibility index (Phi) is 7.14. The van der Waals surface area contributed by atoms with E-state index in [1.54, 1.807) is 6.07 Å². The minimum absolute atomic E-state index is 0.0159. The lowest BCUT2D eigenvalue weighted by molar-refractivity contribution is -0.140. The summed E-state index contributed by atoms with van der Waals surface area (Å²) in [4.78, 5) is 60.1. The van der Waals surface area contributed by atoms with E-state index >= 15 is 0 Å². The van der Waals surface area contributed by atoms with Crippen molar-refractivity contribution < 1.29 is 14.3 Å². The van der Waals surface area contributed by atoms with Gasteiger partial charge in [0.2, 0.25) is 0 Å². The Hall–Kier alpha value is -3.75. The fraction of sp³-hybridized carbons (Fsp3) is 0.423. The number of esters is 1. The maximum absolute atomic E-state index is 13.9. The lowest BCUT2D eigenvalue weighted by Gasteiger charge is -2.24. The molecule has 9 nitrogen and oxygen atoms in total. The molecule has 0 spiro atoms. The number of nitrogens with zero attached hydrogens (tertiary/aromatic N) is 3. The van der Waals surface area contributed by atoms with Crippen LogP contribution in [0, 0.1) is 5.92 Å². The van der Waals surface area contributed by atoms with Crippen molar-refractivity contribution in [3.63, 3.8) is 0 Å². The van der Waals surface area contributed by atoms with Crippen LogP contribution in [0.2, 0.25) is 0 Å². The second kappa shape index (κ2) is 10.2. The summed E-state index contributed by atoms with van der Waals surface area (Å²) < 4.78 is 6.21. The average Bonchev–Trinajstić information content (AvgIpc) is 3.69. The van der Waals surface area contributed by atoms with Gasteiger partial charge in [-0.05, 0) is 30.4 Å². The monoisotopic (exact) mass is 478 g/mol. The van der Waals surface area contributed by atoms with Crippen LogP contribution in [-0.2, 0) is 22.6 Å². The summed E-state index contributed by atoms with van der Waals surface area (Å²) in [7, 11) is 1.30. The van der Waals surface area contributed by atoms with Crippen molar-refractivity contribution in [3.8, 4) is 0 Å². The number of aromatic amines is 1. The lowest BCUT2D eigenvalue weighted by Crippen LogP contribution is -2.36. The number of amides is 1. The topological polar surface area (TPSA) is 114 Å². The van der Waals surface area contributed by atoms with E-state index in [9.17, 15) is 19.2 Å². The molecular formula is C26H30N4O5. The predicted molar refractivity (Wildman–Crippen MR) is 131 cm³/mol. The number of hydrogen-bond acceptors (Lipinski definition) is 6. The first-order valence-corrected chi connectivity index (χ1v) is 11.9.